The van der Waals surface area contributed by atoms with Gasteiger partial charge in [-0.3, -0.25) is 9.69 Å². The Morgan fingerprint density at radius 1 is 1.47 bits per heavy atom. The van der Waals surface area contributed by atoms with Gasteiger partial charge in [0, 0.05) is 19.5 Å². The third-order valence-corrected chi connectivity index (χ3v) is 3.66. The number of piperidine rings is 1. The van der Waals surface area contributed by atoms with Crippen LogP contribution in [0, 0.1) is 11.7 Å². The van der Waals surface area contributed by atoms with Crippen molar-refractivity contribution < 1.29 is 14.3 Å². The van der Waals surface area contributed by atoms with E-state index in [1.165, 1.54) is 6.07 Å². The van der Waals surface area contributed by atoms with Gasteiger partial charge in [-0.1, -0.05) is 12.1 Å². The summed E-state index contributed by atoms with van der Waals surface area (Å²) >= 11 is 0. The van der Waals surface area contributed by atoms with E-state index in [9.17, 15) is 9.18 Å². The highest BCUT2D eigenvalue weighted by Gasteiger charge is 2.20. The molecule has 0 bridgehead atoms. The lowest BCUT2D eigenvalue weighted by Gasteiger charge is -2.32. The van der Waals surface area contributed by atoms with Gasteiger partial charge in [0.2, 0.25) is 0 Å². The minimum absolute atomic E-state index is 0.197. The SMILES string of the molecule is O=C(O)CCC1CCCN(Cc2cccc(F)c2)C1. The molecule has 1 saturated heterocycles. The quantitative estimate of drug-likeness (QED) is 0.890. The number of benzene rings is 1. The van der Waals surface area contributed by atoms with E-state index in [0.717, 1.165) is 44.5 Å². The van der Waals surface area contributed by atoms with Crippen LogP contribution in [-0.4, -0.2) is 29.1 Å². The second-order valence-electron chi connectivity index (χ2n) is 5.31. The molecule has 1 unspecified atom stereocenters. The van der Waals surface area contributed by atoms with Gasteiger partial charge in [-0.15, -0.1) is 0 Å². The fraction of sp³-hybridized carbons (Fsp3) is 0.533. The Bertz CT molecular complexity index is 436. The molecular formula is C15H20FNO2. The van der Waals surface area contributed by atoms with E-state index in [1.54, 1.807) is 12.1 Å². The van der Waals surface area contributed by atoms with Gasteiger partial charge in [-0.2, -0.15) is 0 Å². The molecule has 104 valence electrons. The molecule has 1 atom stereocenters. The number of carbonyl (C=O) groups is 1. The van der Waals surface area contributed by atoms with Gasteiger partial charge >= 0.3 is 5.97 Å². The van der Waals surface area contributed by atoms with Crippen LogP contribution in [0.3, 0.4) is 0 Å². The topological polar surface area (TPSA) is 40.5 Å². The summed E-state index contributed by atoms with van der Waals surface area (Å²) in [5, 5.41) is 8.72. The van der Waals surface area contributed by atoms with Crippen LogP contribution in [0.4, 0.5) is 4.39 Å². The van der Waals surface area contributed by atoms with E-state index in [4.69, 9.17) is 5.11 Å². The molecule has 1 aromatic carbocycles. The minimum Gasteiger partial charge on any atom is -0.481 e. The van der Waals surface area contributed by atoms with Gasteiger partial charge in [0.25, 0.3) is 0 Å². The Kier molecular flexibility index (Phi) is 4.91. The van der Waals surface area contributed by atoms with Crippen LogP contribution >= 0.6 is 0 Å². The summed E-state index contributed by atoms with van der Waals surface area (Å²) in [5.74, 6) is -0.461. The van der Waals surface area contributed by atoms with Gasteiger partial charge < -0.3 is 5.11 Å². The number of likely N-dealkylation sites (tertiary alicyclic amines) is 1. The number of halogens is 1. The highest BCUT2D eigenvalue weighted by molar-refractivity contribution is 5.66. The molecule has 2 rings (SSSR count). The van der Waals surface area contributed by atoms with Crippen LogP contribution in [0.1, 0.15) is 31.2 Å². The highest BCUT2D eigenvalue weighted by atomic mass is 19.1. The number of rotatable bonds is 5. The van der Waals surface area contributed by atoms with Crippen molar-refractivity contribution in [3.63, 3.8) is 0 Å². The Labute approximate surface area is 113 Å². The number of nitrogens with zero attached hydrogens (tertiary/aromatic N) is 1. The first-order valence-electron chi connectivity index (χ1n) is 6.82. The summed E-state index contributed by atoms with van der Waals surface area (Å²) in [6, 6.07) is 6.69. The Balaban J connectivity index is 1.85. The molecule has 4 heteroatoms. The molecule has 0 radical (unpaired) electrons. The van der Waals surface area contributed by atoms with Crippen LogP contribution < -0.4 is 0 Å². The normalized spacial score (nSPS) is 20.4. The lowest BCUT2D eigenvalue weighted by atomic mass is 9.93. The third kappa shape index (κ3) is 4.63. The molecule has 1 heterocycles. The maximum absolute atomic E-state index is 13.1. The summed E-state index contributed by atoms with van der Waals surface area (Å²) in [6.07, 6.45) is 3.19. The van der Waals surface area contributed by atoms with Gasteiger partial charge in [0.05, 0.1) is 0 Å². The monoisotopic (exact) mass is 265 g/mol. The molecule has 1 N–H and O–H groups in total. The largest absolute Gasteiger partial charge is 0.481 e. The van der Waals surface area contributed by atoms with Crippen LogP contribution in [0.15, 0.2) is 24.3 Å². The van der Waals surface area contributed by atoms with Gasteiger partial charge in [-0.05, 0) is 49.4 Å². The minimum atomic E-state index is -0.720. The lowest BCUT2D eigenvalue weighted by Crippen LogP contribution is -2.35. The van der Waals surface area contributed by atoms with E-state index in [0.29, 0.717) is 5.92 Å². The predicted octanol–water partition coefficient (Wildman–Crippen LogP) is 2.90. The van der Waals surface area contributed by atoms with Crippen molar-refractivity contribution in [2.75, 3.05) is 13.1 Å². The van der Waals surface area contributed by atoms with E-state index in [2.05, 4.69) is 4.90 Å². The molecular weight excluding hydrogens is 245 g/mol. The summed E-state index contributed by atoms with van der Waals surface area (Å²) in [4.78, 5) is 12.9. The Morgan fingerprint density at radius 2 is 2.32 bits per heavy atom. The molecule has 0 spiro atoms. The summed E-state index contributed by atoms with van der Waals surface area (Å²) < 4.78 is 13.1. The lowest BCUT2D eigenvalue weighted by molar-refractivity contribution is -0.137. The number of hydrogen-bond donors (Lipinski definition) is 1. The van der Waals surface area contributed by atoms with Crippen molar-refractivity contribution in [2.45, 2.75) is 32.2 Å². The van der Waals surface area contributed by atoms with E-state index in [1.807, 2.05) is 6.07 Å². The molecule has 0 aromatic heterocycles. The first kappa shape index (κ1) is 14.0. The van der Waals surface area contributed by atoms with Gasteiger partial charge in [0.15, 0.2) is 0 Å². The molecule has 1 fully saturated rings. The zero-order valence-electron chi connectivity index (χ0n) is 11.0. The average Bonchev–Trinajstić information content (AvgIpc) is 2.37. The van der Waals surface area contributed by atoms with Crippen molar-refractivity contribution in [1.29, 1.82) is 0 Å². The van der Waals surface area contributed by atoms with Crippen molar-refractivity contribution >= 4 is 5.97 Å². The van der Waals surface area contributed by atoms with Gasteiger partial charge in [-0.25, -0.2) is 4.39 Å². The van der Waals surface area contributed by atoms with Crippen molar-refractivity contribution in [2.24, 2.45) is 5.92 Å². The predicted molar refractivity (Wildman–Crippen MR) is 71.3 cm³/mol. The maximum atomic E-state index is 13.1. The molecule has 0 amide bonds. The summed E-state index contributed by atoms with van der Waals surface area (Å²) in [6.45, 7) is 2.69. The molecule has 0 aliphatic carbocycles. The van der Waals surface area contributed by atoms with E-state index in [-0.39, 0.29) is 12.2 Å². The number of carboxylic acid groups (broad SMARTS) is 1. The standard InChI is InChI=1S/C15H20FNO2/c16-14-5-1-3-13(9-14)11-17-8-2-4-12(10-17)6-7-15(18)19/h1,3,5,9,12H,2,4,6-8,10-11H2,(H,18,19). The van der Waals surface area contributed by atoms with Crippen LogP contribution in [-0.2, 0) is 11.3 Å². The zero-order chi connectivity index (χ0) is 13.7. The highest BCUT2D eigenvalue weighted by Crippen LogP contribution is 2.22. The number of aliphatic carboxylic acids is 1. The molecule has 1 aromatic rings. The van der Waals surface area contributed by atoms with Gasteiger partial charge in [0.1, 0.15) is 5.82 Å². The van der Waals surface area contributed by atoms with Crippen LogP contribution in [0.5, 0.6) is 0 Å². The summed E-state index contributed by atoms with van der Waals surface area (Å²) in [5.41, 5.74) is 0.985. The second-order valence-corrected chi connectivity index (χ2v) is 5.31. The zero-order valence-corrected chi connectivity index (χ0v) is 11.0. The first-order chi connectivity index (χ1) is 9.13. The van der Waals surface area contributed by atoms with E-state index < -0.39 is 5.97 Å². The fourth-order valence-corrected chi connectivity index (χ4v) is 2.75. The van der Waals surface area contributed by atoms with Crippen molar-refractivity contribution in [3.05, 3.63) is 35.6 Å². The van der Waals surface area contributed by atoms with Crippen LogP contribution in [0.2, 0.25) is 0 Å². The van der Waals surface area contributed by atoms with E-state index >= 15 is 0 Å². The average molecular weight is 265 g/mol. The van der Waals surface area contributed by atoms with Crippen molar-refractivity contribution in [3.8, 4) is 0 Å². The molecule has 1 aliphatic heterocycles. The molecule has 0 saturated carbocycles. The molecule has 19 heavy (non-hydrogen) atoms. The maximum Gasteiger partial charge on any atom is 0.303 e. The molecule has 3 nitrogen and oxygen atoms in total. The van der Waals surface area contributed by atoms with Crippen LogP contribution in [0.25, 0.3) is 0 Å². The Morgan fingerprint density at radius 3 is 3.05 bits per heavy atom. The fourth-order valence-electron chi connectivity index (χ4n) is 2.75. The third-order valence-electron chi connectivity index (χ3n) is 3.66. The smallest absolute Gasteiger partial charge is 0.303 e. The second kappa shape index (κ2) is 6.66. The van der Waals surface area contributed by atoms with Crippen molar-refractivity contribution in [1.82, 2.24) is 4.90 Å². The number of hydrogen-bond acceptors (Lipinski definition) is 2. The first-order valence-corrected chi connectivity index (χ1v) is 6.82. The number of carboxylic acids is 1. The Hall–Kier alpha value is -1.42. The molecule has 1 aliphatic rings. The summed E-state index contributed by atoms with van der Waals surface area (Å²) in [7, 11) is 0.